The minimum absolute atomic E-state index is 0.0444. The lowest BCUT2D eigenvalue weighted by atomic mass is 10.1. The molecule has 1 aromatic heterocycles. The molecular weight excluding hydrogens is 352 g/mol. The van der Waals surface area contributed by atoms with Gasteiger partial charge in [-0.3, -0.25) is 9.59 Å². The van der Waals surface area contributed by atoms with Gasteiger partial charge in [-0.15, -0.1) is 0 Å². The molecule has 5 heteroatoms. The number of ether oxygens (including phenoxy) is 1. The van der Waals surface area contributed by atoms with Gasteiger partial charge >= 0.3 is 0 Å². The summed E-state index contributed by atoms with van der Waals surface area (Å²) in [6.45, 7) is 10.2. The van der Waals surface area contributed by atoms with Gasteiger partial charge in [0, 0.05) is 24.4 Å². The molecule has 2 aromatic rings. The third-order valence-electron chi connectivity index (χ3n) is 4.72. The maximum Gasteiger partial charge on any atom is 0.246 e. The molecule has 0 bridgehead atoms. The van der Waals surface area contributed by atoms with Crippen molar-refractivity contribution in [3.63, 3.8) is 0 Å². The van der Waals surface area contributed by atoms with Crippen LogP contribution in [-0.4, -0.2) is 17.0 Å². The Morgan fingerprint density at radius 3 is 2.61 bits per heavy atom. The van der Waals surface area contributed by atoms with Gasteiger partial charge in [0.05, 0.1) is 11.7 Å². The molecule has 0 aliphatic carbocycles. The van der Waals surface area contributed by atoms with Crippen LogP contribution in [0.15, 0.2) is 59.5 Å². The van der Waals surface area contributed by atoms with Crippen molar-refractivity contribution in [1.82, 2.24) is 9.88 Å². The molecule has 5 nitrogen and oxygen atoms in total. The van der Waals surface area contributed by atoms with E-state index in [0.29, 0.717) is 24.5 Å². The Kier molecular flexibility index (Phi) is 8.05. The standard InChI is InChI=1S/C23H30N2O3/c1-5-6-12-20(15-24-23(27)17(2)3)25-14-13-21(26)22(18(25)4)28-16-19-10-8-7-9-11-19/h7-11,13-14,20H,2,5-6,12,15-16H2,1,3-4H3,(H,24,27). The van der Waals surface area contributed by atoms with E-state index in [-0.39, 0.29) is 17.4 Å². The van der Waals surface area contributed by atoms with E-state index in [0.717, 1.165) is 30.5 Å². The maximum atomic E-state index is 12.4. The number of pyridine rings is 1. The first-order valence-electron chi connectivity index (χ1n) is 9.76. The Hall–Kier alpha value is -2.82. The van der Waals surface area contributed by atoms with Crippen molar-refractivity contribution in [2.75, 3.05) is 6.54 Å². The number of nitrogens with one attached hydrogen (secondary N) is 1. The second-order valence-corrected chi connectivity index (χ2v) is 7.06. The van der Waals surface area contributed by atoms with E-state index in [1.165, 1.54) is 6.07 Å². The van der Waals surface area contributed by atoms with E-state index >= 15 is 0 Å². The molecule has 0 spiro atoms. The van der Waals surface area contributed by atoms with Crippen LogP contribution in [0.25, 0.3) is 0 Å². The zero-order valence-electron chi connectivity index (χ0n) is 17.0. The normalized spacial score (nSPS) is 11.7. The number of aromatic nitrogens is 1. The number of rotatable bonds is 10. The fraction of sp³-hybridized carbons (Fsp3) is 0.391. The van der Waals surface area contributed by atoms with Gasteiger partial charge in [-0.2, -0.15) is 0 Å². The van der Waals surface area contributed by atoms with Crippen LogP contribution >= 0.6 is 0 Å². The molecule has 1 heterocycles. The predicted octanol–water partition coefficient (Wildman–Crippen LogP) is 4.16. The summed E-state index contributed by atoms with van der Waals surface area (Å²) in [7, 11) is 0. The summed E-state index contributed by atoms with van der Waals surface area (Å²) in [5.41, 5.74) is 2.13. The third-order valence-corrected chi connectivity index (χ3v) is 4.72. The highest BCUT2D eigenvalue weighted by atomic mass is 16.5. The van der Waals surface area contributed by atoms with Crippen LogP contribution < -0.4 is 15.5 Å². The highest BCUT2D eigenvalue weighted by Crippen LogP contribution is 2.22. The second kappa shape index (κ2) is 10.5. The molecule has 0 radical (unpaired) electrons. The number of hydrogen-bond acceptors (Lipinski definition) is 3. The van der Waals surface area contributed by atoms with E-state index in [4.69, 9.17) is 4.74 Å². The molecule has 0 saturated heterocycles. The monoisotopic (exact) mass is 382 g/mol. The summed E-state index contributed by atoms with van der Waals surface area (Å²) in [5, 5.41) is 2.93. The van der Waals surface area contributed by atoms with Crippen LogP contribution in [0.5, 0.6) is 5.75 Å². The average molecular weight is 383 g/mol. The molecule has 2 rings (SSSR count). The predicted molar refractivity (Wildman–Crippen MR) is 113 cm³/mol. The summed E-state index contributed by atoms with van der Waals surface area (Å²) < 4.78 is 7.92. The largest absolute Gasteiger partial charge is 0.483 e. The Morgan fingerprint density at radius 2 is 1.96 bits per heavy atom. The highest BCUT2D eigenvalue weighted by Gasteiger charge is 2.17. The number of unbranched alkanes of at least 4 members (excludes halogenated alkanes) is 1. The molecule has 150 valence electrons. The fourth-order valence-corrected chi connectivity index (χ4v) is 3.07. The fourth-order valence-electron chi connectivity index (χ4n) is 3.07. The van der Waals surface area contributed by atoms with Crippen molar-refractivity contribution >= 4 is 5.91 Å². The van der Waals surface area contributed by atoms with Gasteiger partial charge in [-0.05, 0) is 25.8 Å². The first kappa shape index (κ1) is 21.5. The smallest absolute Gasteiger partial charge is 0.246 e. The van der Waals surface area contributed by atoms with Gasteiger partial charge in [0.2, 0.25) is 11.3 Å². The molecule has 1 amide bonds. The lowest BCUT2D eigenvalue weighted by molar-refractivity contribution is -0.117. The Balaban J connectivity index is 2.23. The van der Waals surface area contributed by atoms with Gasteiger partial charge in [0.15, 0.2) is 5.75 Å². The summed E-state index contributed by atoms with van der Waals surface area (Å²) in [5.74, 6) is 0.208. The summed E-state index contributed by atoms with van der Waals surface area (Å²) in [6.07, 6.45) is 4.77. The SMILES string of the molecule is C=C(C)C(=O)NCC(CCCC)n1ccc(=O)c(OCc2ccccc2)c1C. The van der Waals surface area contributed by atoms with E-state index < -0.39 is 0 Å². The number of benzene rings is 1. The molecule has 0 aliphatic heterocycles. The van der Waals surface area contributed by atoms with Gasteiger partial charge < -0.3 is 14.6 Å². The first-order chi connectivity index (χ1) is 13.4. The molecule has 1 atom stereocenters. The summed E-state index contributed by atoms with van der Waals surface area (Å²) in [6, 6.07) is 11.3. The molecule has 0 fully saturated rings. The van der Waals surface area contributed by atoms with Gasteiger partial charge in [-0.25, -0.2) is 0 Å². The van der Waals surface area contributed by atoms with Crippen molar-refractivity contribution in [1.29, 1.82) is 0 Å². The molecule has 1 N–H and O–H groups in total. The van der Waals surface area contributed by atoms with Gasteiger partial charge in [-0.1, -0.05) is 56.7 Å². The van der Waals surface area contributed by atoms with Crippen LogP contribution in [0.3, 0.4) is 0 Å². The number of carbonyl (C=O) groups excluding carboxylic acids is 1. The first-order valence-corrected chi connectivity index (χ1v) is 9.76. The van der Waals surface area contributed by atoms with Crippen LogP contribution in [0.1, 0.15) is 50.4 Å². The van der Waals surface area contributed by atoms with Crippen molar-refractivity contribution in [2.45, 2.75) is 52.7 Å². The topological polar surface area (TPSA) is 60.3 Å². The van der Waals surface area contributed by atoms with E-state index in [2.05, 4.69) is 18.8 Å². The summed E-state index contributed by atoms with van der Waals surface area (Å²) >= 11 is 0. The summed E-state index contributed by atoms with van der Waals surface area (Å²) in [4.78, 5) is 24.3. The van der Waals surface area contributed by atoms with Crippen molar-refractivity contribution < 1.29 is 9.53 Å². The van der Waals surface area contributed by atoms with Gasteiger partial charge in [0.25, 0.3) is 0 Å². The second-order valence-electron chi connectivity index (χ2n) is 7.06. The van der Waals surface area contributed by atoms with E-state index in [1.54, 1.807) is 13.1 Å². The molecule has 0 aliphatic rings. The molecular formula is C23H30N2O3. The molecule has 1 unspecified atom stereocenters. The maximum absolute atomic E-state index is 12.4. The van der Waals surface area contributed by atoms with Crippen LogP contribution in [0, 0.1) is 6.92 Å². The third kappa shape index (κ3) is 5.84. The van der Waals surface area contributed by atoms with E-state index in [1.807, 2.05) is 41.8 Å². The highest BCUT2D eigenvalue weighted by molar-refractivity contribution is 5.92. The Labute approximate surface area is 167 Å². The Bertz CT molecular complexity index is 856. The van der Waals surface area contributed by atoms with E-state index in [9.17, 15) is 9.59 Å². The van der Waals surface area contributed by atoms with Crippen molar-refractivity contribution in [2.24, 2.45) is 0 Å². The van der Waals surface area contributed by atoms with Crippen LogP contribution in [0.4, 0.5) is 0 Å². The van der Waals surface area contributed by atoms with Crippen molar-refractivity contribution in [3.05, 3.63) is 76.2 Å². The van der Waals surface area contributed by atoms with Crippen LogP contribution in [0.2, 0.25) is 0 Å². The molecule has 1 aromatic carbocycles. The number of hydrogen-bond donors (Lipinski definition) is 1. The molecule has 28 heavy (non-hydrogen) atoms. The zero-order chi connectivity index (χ0) is 20.5. The van der Waals surface area contributed by atoms with Crippen LogP contribution in [-0.2, 0) is 11.4 Å². The quantitative estimate of drug-likeness (QED) is 0.628. The lowest BCUT2D eigenvalue weighted by Crippen LogP contribution is -2.32. The number of carbonyl (C=O) groups is 1. The lowest BCUT2D eigenvalue weighted by Gasteiger charge is -2.24. The minimum atomic E-state index is -0.152. The molecule has 0 saturated carbocycles. The Morgan fingerprint density at radius 1 is 1.25 bits per heavy atom. The van der Waals surface area contributed by atoms with Crippen molar-refractivity contribution in [3.8, 4) is 5.75 Å². The number of nitrogens with zero attached hydrogens (tertiary/aromatic N) is 1. The van der Waals surface area contributed by atoms with Gasteiger partial charge in [0.1, 0.15) is 6.61 Å². The average Bonchev–Trinajstić information content (AvgIpc) is 2.69. The minimum Gasteiger partial charge on any atom is -0.483 e. The zero-order valence-corrected chi connectivity index (χ0v) is 17.0. The number of amides is 1.